The molecule has 32 heavy (non-hydrogen) atoms. The number of aliphatic hydroxyl groups is 1. The van der Waals surface area contributed by atoms with Crippen LogP contribution in [0.5, 0.6) is 0 Å². The lowest BCUT2D eigenvalue weighted by atomic mass is 10.2. The number of nitriles is 1. The highest BCUT2D eigenvalue weighted by Gasteiger charge is 2.23. The first-order chi connectivity index (χ1) is 15.7. The molecule has 2 aromatic heterocycles. The van der Waals surface area contributed by atoms with Gasteiger partial charge in [0.15, 0.2) is 5.16 Å². The summed E-state index contributed by atoms with van der Waals surface area (Å²) in [5, 5.41) is 22.2. The molecule has 4 aromatic rings. The van der Waals surface area contributed by atoms with E-state index in [4.69, 9.17) is 4.98 Å². The molecule has 0 bridgehead atoms. The molecule has 0 unspecified atom stereocenters. The van der Waals surface area contributed by atoms with Gasteiger partial charge in [-0.3, -0.25) is 9.36 Å². The highest BCUT2D eigenvalue weighted by molar-refractivity contribution is 7.99. The number of thiazole rings is 1. The van der Waals surface area contributed by atoms with Crippen molar-refractivity contribution in [3.8, 4) is 6.07 Å². The van der Waals surface area contributed by atoms with E-state index in [1.807, 2.05) is 48.5 Å². The van der Waals surface area contributed by atoms with Gasteiger partial charge >= 0.3 is 0 Å². The maximum atomic E-state index is 13.3. The molecular weight excluding hydrogens is 440 g/mol. The van der Waals surface area contributed by atoms with E-state index in [2.05, 4.69) is 11.1 Å². The van der Waals surface area contributed by atoms with Crippen LogP contribution in [0.4, 0.5) is 0 Å². The lowest BCUT2D eigenvalue weighted by Crippen LogP contribution is -2.26. The predicted molar refractivity (Wildman–Crippen MR) is 129 cm³/mol. The van der Waals surface area contributed by atoms with E-state index >= 15 is 0 Å². The fraction of sp³-hybridized carbons (Fsp3) is 0.250. The van der Waals surface area contributed by atoms with Crippen molar-refractivity contribution in [2.24, 2.45) is 0 Å². The van der Waals surface area contributed by atoms with Crippen LogP contribution in [-0.4, -0.2) is 25.4 Å². The number of nitrogens with zero attached hydrogens (tertiary/aromatic N) is 4. The molecule has 0 saturated heterocycles. The molecule has 2 aromatic carbocycles. The SMILES string of the molecule is N#C/C(=C(/O)CSc1nc2ccccc2c(=O)n1C1CCCC1)c1nc2ccccc2s1. The second kappa shape index (κ2) is 8.77. The molecular formula is C24H20N4O2S2. The zero-order chi connectivity index (χ0) is 22.1. The Bertz CT molecular complexity index is 1410. The van der Waals surface area contributed by atoms with Crippen LogP contribution in [0.15, 0.2) is 64.2 Å². The third-order valence-corrected chi connectivity index (χ3v) is 7.73. The topological polar surface area (TPSA) is 91.8 Å². The summed E-state index contributed by atoms with van der Waals surface area (Å²) in [4.78, 5) is 22.5. The Hall–Kier alpha value is -3.15. The van der Waals surface area contributed by atoms with E-state index in [-0.39, 0.29) is 28.7 Å². The molecule has 160 valence electrons. The third-order valence-electron chi connectivity index (χ3n) is 5.71. The van der Waals surface area contributed by atoms with Crippen molar-refractivity contribution < 1.29 is 5.11 Å². The normalized spacial score (nSPS) is 15.2. The molecule has 1 fully saturated rings. The smallest absolute Gasteiger partial charge is 0.262 e. The number of rotatable bonds is 5. The summed E-state index contributed by atoms with van der Waals surface area (Å²) in [5.41, 5.74) is 1.56. The van der Waals surface area contributed by atoms with Crippen molar-refractivity contribution in [1.29, 1.82) is 5.26 Å². The average molecular weight is 461 g/mol. The first-order valence-corrected chi connectivity index (χ1v) is 12.3. The number of allylic oxidation sites excluding steroid dienone is 1. The molecule has 8 heteroatoms. The molecule has 2 heterocycles. The quantitative estimate of drug-likeness (QED) is 0.178. The first-order valence-electron chi connectivity index (χ1n) is 10.5. The van der Waals surface area contributed by atoms with Gasteiger partial charge in [-0.1, -0.05) is 48.9 Å². The van der Waals surface area contributed by atoms with E-state index < -0.39 is 0 Å². The molecule has 0 radical (unpaired) electrons. The molecule has 0 atom stereocenters. The fourth-order valence-electron chi connectivity index (χ4n) is 4.13. The summed E-state index contributed by atoms with van der Waals surface area (Å²) in [6, 6.07) is 17.2. The van der Waals surface area contributed by atoms with Crippen LogP contribution in [-0.2, 0) is 0 Å². The van der Waals surface area contributed by atoms with E-state index in [1.54, 1.807) is 4.57 Å². The maximum Gasteiger partial charge on any atom is 0.262 e. The van der Waals surface area contributed by atoms with Crippen molar-refractivity contribution >= 4 is 49.8 Å². The van der Waals surface area contributed by atoms with Gasteiger partial charge in [0.1, 0.15) is 22.4 Å². The van der Waals surface area contributed by atoms with Crippen molar-refractivity contribution in [1.82, 2.24) is 14.5 Å². The van der Waals surface area contributed by atoms with Gasteiger partial charge in [0.05, 0.1) is 26.9 Å². The molecule has 0 amide bonds. The van der Waals surface area contributed by atoms with Gasteiger partial charge in [-0.2, -0.15) is 5.26 Å². The van der Waals surface area contributed by atoms with Crippen LogP contribution in [0.2, 0.25) is 0 Å². The van der Waals surface area contributed by atoms with Gasteiger partial charge in [0.25, 0.3) is 5.56 Å². The fourth-order valence-corrected chi connectivity index (χ4v) is 6.06. The molecule has 5 rings (SSSR count). The summed E-state index contributed by atoms with van der Waals surface area (Å²) in [5.74, 6) is 0.0768. The number of hydrogen-bond acceptors (Lipinski definition) is 7. The van der Waals surface area contributed by atoms with Gasteiger partial charge < -0.3 is 5.11 Å². The second-order valence-electron chi connectivity index (χ2n) is 7.73. The number of aromatic nitrogens is 3. The Labute approximate surface area is 192 Å². The van der Waals surface area contributed by atoms with Crippen LogP contribution in [0.25, 0.3) is 26.7 Å². The third kappa shape index (κ3) is 3.78. The largest absolute Gasteiger partial charge is 0.510 e. The number of aliphatic hydroxyl groups excluding tert-OH is 1. The number of hydrogen-bond donors (Lipinski definition) is 1. The van der Waals surface area contributed by atoms with Crippen LogP contribution in [0.3, 0.4) is 0 Å². The monoisotopic (exact) mass is 460 g/mol. The van der Waals surface area contributed by atoms with Crippen LogP contribution in [0.1, 0.15) is 36.7 Å². The number of thioether (sulfide) groups is 1. The van der Waals surface area contributed by atoms with Crippen molar-refractivity contribution in [2.45, 2.75) is 36.9 Å². The average Bonchev–Trinajstić information content (AvgIpc) is 3.48. The van der Waals surface area contributed by atoms with E-state index in [1.165, 1.54) is 23.1 Å². The van der Waals surface area contributed by atoms with Gasteiger partial charge in [0.2, 0.25) is 0 Å². The van der Waals surface area contributed by atoms with Crippen molar-refractivity contribution in [2.75, 3.05) is 5.75 Å². The minimum atomic E-state index is -0.0584. The Kier molecular flexibility index (Phi) is 5.68. The van der Waals surface area contributed by atoms with Gasteiger partial charge in [0, 0.05) is 6.04 Å². The number of para-hydroxylation sites is 2. The Balaban J connectivity index is 1.51. The first kappa shape index (κ1) is 20.7. The van der Waals surface area contributed by atoms with Gasteiger partial charge in [-0.05, 0) is 37.1 Å². The Morgan fingerprint density at radius 3 is 2.59 bits per heavy atom. The van der Waals surface area contributed by atoms with Crippen LogP contribution < -0.4 is 5.56 Å². The van der Waals surface area contributed by atoms with Gasteiger partial charge in [-0.25, -0.2) is 9.97 Å². The summed E-state index contributed by atoms with van der Waals surface area (Å²) >= 11 is 2.66. The summed E-state index contributed by atoms with van der Waals surface area (Å²) < 4.78 is 2.75. The lowest BCUT2D eigenvalue weighted by Gasteiger charge is -2.18. The van der Waals surface area contributed by atoms with E-state index in [9.17, 15) is 15.2 Å². The number of fused-ring (bicyclic) bond motifs is 2. The van der Waals surface area contributed by atoms with E-state index in [0.29, 0.717) is 21.1 Å². The van der Waals surface area contributed by atoms with Gasteiger partial charge in [-0.15, -0.1) is 11.3 Å². The molecule has 1 aliphatic rings. The van der Waals surface area contributed by atoms with Crippen molar-refractivity contribution in [3.05, 3.63) is 69.7 Å². The number of benzene rings is 2. The van der Waals surface area contributed by atoms with E-state index in [0.717, 1.165) is 35.9 Å². The highest BCUT2D eigenvalue weighted by atomic mass is 32.2. The highest BCUT2D eigenvalue weighted by Crippen LogP contribution is 2.34. The Morgan fingerprint density at radius 2 is 1.84 bits per heavy atom. The summed E-state index contributed by atoms with van der Waals surface area (Å²) in [6.45, 7) is 0. The Morgan fingerprint density at radius 1 is 1.12 bits per heavy atom. The summed E-state index contributed by atoms with van der Waals surface area (Å²) in [6.07, 6.45) is 4.08. The minimum Gasteiger partial charge on any atom is -0.510 e. The standard InChI is InChI=1S/C24H20N4O2S2/c25-13-17(22-26-19-11-5-6-12-21(19)32-22)20(29)14-31-24-27-18-10-4-3-9-16(18)23(30)28(24)15-7-1-2-8-15/h3-6,9-12,15,29H,1-2,7-8,14H2/b20-17-. The molecule has 1 aliphatic carbocycles. The molecule has 1 N–H and O–H groups in total. The second-order valence-corrected chi connectivity index (χ2v) is 9.71. The van der Waals surface area contributed by atoms with Crippen LogP contribution in [0, 0.1) is 11.3 Å². The van der Waals surface area contributed by atoms with Crippen molar-refractivity contribution in [3.63, 3.8) is 0 Å². The maximum absolute atomic E-state index is 13.3. The molecule has 0 aliphatic heterocycles. The summed E-state index contributed by atoms with van der Waals surface area (Å²) in [7, 11) is 0. The zero-order valence-electron chi connectivity index (χ0n) is 17.2. The predicted octanol–water partition coefficient (Wildman–Crippen LogP) is 5.71. The molecule has 0 spiro atoms. The van der Waals surface area contributed by atoms with Crippen LogP contribution >= 0.6 is 23.1 Å². The molecule has 6 nitrogen and oxygen atoms in total. The minimum absolute atomic E-state index is 0.0415. The zero-order valence-corrected chi connectivity index (χ0v) is 18.8. The lowest BCUT2D eigenvalue weighted by molar-refractivity contribution is 0.419. The molecule has 1 saturated carbocycles.